The average molecular weight is 336 g/mol. The normalized spacial score (nSPS) is 18.2. The summed E-state index contributed by atoms with van der Waals surface area (Å²) in [6.45, 7) is 0.761. The van der Waals surface area contributed by atoms with E-state index in [2.05, 4.69) is 15.4 Å². The van der Waals surface area contributed by atoms with Gasteiger partial charge >= 0.3 is 0 Å². The van der Waals surface area contributed by atoms with Crippen LogP contribution in [0.2, 0.25) is 5.02 Å². The highest BCUT2D eigenvalue weighted by Crippen LogP contribution is 2.28. The van der Waals surface area contributed by atoms with Crippen LogP contribution in [-0.2, 0) is 9.53 Å². The molecular weight excluding hydrogens is 318 g/mol. The van der Waals surface area contributed by atoms with E-state index in [-0.39, 0.29) is 18.6 Å². The Labute approximate surface area is 139 Å². The summed E-state index contributed by atoms with van der Waals surface area (Å²) >= 11 is 5.99. The zero-order valence-electron chi connectivity index (χ0n) is 12.9. The Bertz CT molecular complexity index is 690. The first-order valence-corrected chi connectivity index (χ1v) is 7.91. The SMILES string of the molecule is COCC(=O)N1CCCCC1c1nnn(-c2cccc(Cl)c2)n1. The Balaban J connectivity index is 1.84. The summed E-state index contributed by atoms with van der Waals surface area (Å²) in [5.41, 5.74) is 0.738. The lowest BCUT2D eigenvalue weighted by Crippen LogP contribution is -2.40. The van der Waals surface area contributed by atoms with Crippen LogP contribution in [-0.4, -0.2) is 51.3 Å². The molecule has 122 valence electrons. The van der Waals surface area contributed by atoms with Gasteiger partial charge < -0.3 is 9.64 Å². The van der Waals surface area contributed by atoms with Gasteiger partial charge in [0.1, 0.15) is 6.61 Å². The Morgan fingerprint density at radius 3 is 3.09 bits per heavy atom. The molecule has 23 heavy (non-hydrogen) atoms. The number of nitrogens with zero attached hydrogens (tertiary/aromatic N) is 5. The number of methoxy groups -OCH3 is 1. The highest BCUT2D eigenvalue weighted by molar-refractivity contribution is 6.30. The van der Waals surface area contributed by atoms with Crippen LogP contribution in [0.5, 0.6) is 0 Å². The number of rotatable bonds is 4. The average Bonchev–Trinajstić information content (AvgIpc) is 3.05. The Hall–Kier alpha value is -1.99. The van der Waals surface area contributed by atoms with Gasteiger partial charge in [-0.15, -0.1) is 15.0 Å². The summed E-state index contributed by atoms with van der Waals surface area (Å²) in [7, 11) is 1.52. The highest BCUT2D eigenvalue weighted by Gasteiger charge is 2.31. The first-order chi connectivity index (χ1) is 11.2. The van der Waals surface area contributed by atoms with Crippen LogP contribution in [0, 0.1) is 0 Å². The molecule has 0 radical (unpaired) electrons. The van der Waals surface area contributed by atoms with Crippen molar-refractivity contribution in [1.29, 1.82) is 0 Å². The first-order valence-electron chi connectivity index (χ1n) is 7.53. The smallest absolute Gasteiger partial charge is 0.249 e. The molecule has 1 fully saturated rings. The lowest BCUT2D eigenvalue weighted by molar-refractivity contribution is -0.139. The predicted molar refractivity (Wildman–Crippen MR) is 84.3 cm³/mol. The lowest BCUT2D eigenvalue weighted by atomic mass is 10.0. The van der Waals surface area contributed by atoms with Crippen molar-refractivity contribution in [3.8, 4) is 5.69 Å². The van der Waals surface area contributed by atoms with Crippen molar-refractivity contribution in [1.82, 2.24) is 25.1 Å². The van der Waals surface area contributed by atoms with Crippen LogP contribution in [0.3, 0.4) is 0 Å². The summed E-state index contributed by atoms with van der Waals surface area (Å²) in [4.78, 5) is 15.4. The van der Waals surface area contributed by atoms with Crippen LogP contribution in [0.15, 0.2) is 24.3 Å². The van der Waals surface area contributed by atoms with Crippen molar-refractivity contribution >= 4 is 17.5 Å². The highest BCUT2D eigenvalue weighted by atomic mass is 35.5. The number of carbonyl (C=O) groups excluding carboxylic acids is 1. The van der Waals surface area contributed by atoms with Crippen LogP contribution >= 0.6 is 11.6 Å². The molecule has 1 atom stereocenters. The molecule has 1 aromatic carbocycles. The van der Waals surface area contributed by atoms with Gasteiger partial charge in [0.05, 0.1) is 11.7 Å². The molecule has 1 aliphatic rings. The molecule has 1 saturated heterocycles. The molecule has 1 aromatic heterocycles. The molecule has 1 aliphatic heterocycles. The number of carbonyl (C=O) groups is 1. The van der Waals surface area contributed by atoms with Gasteiger partial charge in [0.15, 0.2) is 5.82 Å². The molecule has 3 rings (SSSR count). The number of amides is 1. The number of benzene rings is 1. The van der Waals surface area contributed by atoms with Gasteiger partial charge in [-0.2, -0.15) is 0 Å². The molecule has 0 aliphatic carbocycles. The summed E-state index contributed by atoms with van der Waals surface area (Å²) in [6.07, 6.45) is 2.85. The van der Waals surface area contributed by atoms with Gasteiger partial charge in [-0.3, -0.25) is 4.79 Å². The van der Waals surface area contributed by atoms with Crippen molar-refractivity contribution in [2.24, 2.45) is 0 Å². The van der Waals surface area contributed by atoms with Crippen LogP contribution < -0.4 is 0 Å². The van der Waals surface area contributed by atoms with Gasteiger partial charge in [-0.05, 0) is 42.7 Å². The molecule has 0 bridgehead atoms. The minimum absolute atomic E-state index is 0.0451. The van der Waals surface area contributed by atoms with Gasteiger partial charge in [0, 0.05) is 18.7 Å². The number of halogens is 1. The number of likely N-dealkylation sites (tertiary alicyclic amines) is 1. The van der Waals surface area contributed by atoms with Crippen molar-refractivity contribution in [3.05, 3.63) is 35.1 Å². The first kappa shape index (κ1) is 15.9. The van der Waals surface area contributed by atoms with Crippen molar-refractivity contribution in [2.75, 3.05) is 20.3 Å². The molecule has 0 spiro atoms. The fourth-order valence-corrected chi connectivity index (χ4v) is 2.96. The van der Waals surface area contributed by atoms with Gasteiger partial charge in [0.25, 0.3) is 0 Å². The molecule has 0 saturated carbocycles. The molecule has 0 N–H and O–H groups in total. The molecular formula is C15H18ClN5O2. The van der Waals surface area contributed by atoms with E-state index in [0.29, 0.717) is 17.4 Å². The topological polar surface area (TPSA) is 73.1 Å². The summed E-state index contributed by atoms with van der Waals surface area (Å²) < 4.78 is 4.96. The quantitative estimate of drug-likeness (QED) is 0.854. The standard InChI is InChI=1S/C15H18ClN5O2/c1-23-10-14(22)20-8-3-2-7-13(20)15-17-19-21(18-15)12-6-4-5-11(16)9-12/h4-6,9,13H,2-3,7-8,10H2,1H3. The maximum absolute atomic E-state index is 12.2. The predicted octanol–water partition coefficient (Wildman–Crippen LogP) is 2.02. The third-order valence-electron chi connectivity index (χ3n) is 3.86. The minimum Gasteiger partial charge on any atom is -0.375 e. The number of hydrogen-bond donors (Lipinski definition) is 0. The monoisotopic (exact) mass is 335 g/mol. The second kappa shape index (κ2) is 7.06. The zero-order valence-corrected chi connectivity index (χ0v) is 13.6. The number of tetrazole rings is 1. The lowest BCUT2D eigenvalue weighted by Gasteiger charge is -2.33. The summed E-state index contributed by atoms with van der Waals surface area (Å²) in [6, 6.07) is 7.08. The number of piperidine rings is 1. The minimum atomic E-state index is -0.153. The Morgan fingerprint density at radius 1 is 1.43 bits per heavy atom. The fourth-order valence-electron chi connectivity index (χ4n) is 2.77. The van der Waals surface area contributed by atoms with Crippen LogP contribution in [0.4, 0.5) is 0 Å². The van der Waals surface area contributed by atoms with E-state index in [1.54, 1.807) is 17.0 Å². The second-order valence-electron chi connectivity index (χ2n) is 5.45. The molecule has 7 nitrogen and oxygen atoms in total. The van der Waals surface area contributed by atoms with Gasteiger partial charge in [-0.1, -0.05) is 17.7 Å². The largest absolute Gasteiger partial charge is 0.375 e. The summed E-state index contributed by atoms with van der Waals surface area (Å²) in [5, 5.41) is 13.3. The fraction of sp³-hybridized carbons (Fsp3) is 0.467. The zero-order chi connectivity index (χ0) is 16.2. The van der Waals surface area contributed by atoms with E-state index < -0.39 is 0 Å². The van der Waals surface area contributed by atoms with Gasteiger partial charge in [0.2, 0.25) is 5.91 Å². The third kappa shape index (κ3) is 3.51. The van der Waals surface area contributed by atoms with E-state index in [1.165, 1.54) is 11.9 Å². The molecule has 2 aromatic rings. The van der Waals surface area contributed by atoms with E-state index in [0.717, 1.165) is 24.9 Å². The Morgan fingerprint density at radius 2 is 2.30 bits per heavy atom. The van der Waals surface area contributed by atoms with Crippen molar-refractivity contribution in [2.45, 2.75) is 25.3 Å². The van der Waals surface area contributed by atoms with E-state index in [4.69, 9.17) is 16.3 Å². The maximum atomic E-state index is 12.2. The summed E-state index contributed by atoms with van der Waals surface area (Å²) in [5.74, 6) is 0.505. The van der Waals surface area contributed by atoms with Crippen LogP contribution in [0.1, 0.15) is 31.1 Å². The van der Waals surface area contributed by atoms with E-state index in [1.807, 2.05) is 12.1 Å². The number of ether oxygens (including phenoxy) is 1. The maximum Gasteiger partial charge on any atom is 0.249 e. The number of hydrogen-bond acceptors (Lipinski definition) is 5. The molecule has 8 heteroatoms. The second-order valence-corrected chi connectivity index (χ2v) is 5.89. The van der Waals surface area contributed by atoms with Crippen LogP contribution in [0.25, 0.3) is 5.69 Å². The number of aromatic nitrogens is 4. The molecule has 2 heterocycles. The molecule has 1 unspecified atom stereocenters. The van der Waals surface area contributed by atoms with E-state index >= 15 is 0 Å². The van der Waals surface area contributed by atoms with Gasteiger partial charge in [-0.25, -0.2) is 0 Å². The molecule has 1 amide bonds. The van der Waals surface area contributed by atoms with E-state index in [9.17, 15) is 4.79 Å². The van der Waals surface area contributed by atoms with Crippen molar-refractivity contribution < 1.29 is 9.53 Å². The third-order valence-corrected chi connectivity index (χ3v) is 4.09. The Kier molecular flexibility index (Phi) is 4.88. The van der Waals surface area contributed by atoms with Crippen molar-refractivity contribution in [3.63, 3.8) is 0 Å².